The molecule has 0 bridgehead atoms. The van der Waals surface area contributed by atoms with Gasteiger partial charge in [0.15, 0.2) is 0 Å². The minimum atomic E-state index is -4.37. The monoisotopic (exact) mass is 517 g/mol. The quantitative estimate of drug-likeness (QED) is 0.341. The SMILES string of the molecule is COc1ccc(S(=O)(=O)N(C)CCC2c3cccc(-c4ccc(C(F)(F)F)cc4)c3C(C)[C@H]2C)cc1. The van der Waals surface area contributed by atoms with Crippen molar-refractivity contribution in [3.05, 3.63) is 83.4 Å². The fraction of sp³-hybridized carbons (Fsp3) is 0.357. The number of hydrogen-bond acceptors (Lipinski definition) is 3. The summed E-state index contributed by atoms with van der Waals surface area (Å²) in [6.45, 7) is 4.64. The highest BCUT2D eigenvalue weighted by atomic mass is 32.2. The smallest absolute Gasteiger partial charge is 0.416 e. The van der Waals surface area contributed by atoms with Crippen molar-refractivity contribution in [2.75, 3.05) is 20.7 Å². The molecule has 1 aliphatic carbocycles. The van der Waals surface area contributed by atoms with Crippen molar-refractivity contribution in [2.45, 2.75) is 43.2 Å². The summed E-state index contributed by atoms with van der Waals surface area (Å²) in [7, 11) is -0.532. The number of methoxy groups -OCH3 is 1. The summed E-state index contributed by atoms with van der Waals surface area (Å²) in [5.41, 5.74) is 3.29. The third-order valence-corrected chi connectivity index (χ3v) is 9.33. The van der Waals surface area contributed by atoms with Crippen molar-refractivity contribution in [1.29, 1.82) is 0 Å². The average Bonchev–Trinajstić information content (AvgIpc) is 3.11. The number of sulfonamides is 1. The van der Waals surface area contributed by atoms with Crippen LogP contribution in [0.5, 0.6) is 5.75 Å². The second-order valence-corrected chi connectivity index (χ2v) is 11.5. The Hall–Kier alpha value is -2.84. The lowest BCUT2D eigenvalue weighted by molar-refractivity contribution is -0.137. The van der Waals surface area contributed by atoms with Crippen LogP contribution in [0.2, 0.25) is 0 Å². The maximum absolute atomic E-state index is 13.1. The minimum absolute atomic E-state index is 0.137. The van der Waals surface area contributed by atoms with Crippen molar-refractivity contribution in [3.8, 4) is 16.9 Å². The van der Waals surface area contributed by atoms with Gasteiger partial charge in [0.25, 0.3) is 0 Å². The summed E-state index contributed by atoms with van der Waals surface area (Å²) in [5.74, 6) is 1.17. The highest BCUT2D eigenvalue weighted by Gasteiger charge is 2.37. The Kier molecular flexibility index (Phi) is 7.21. The molecule has 0 amide bonds. The van der Waals surface area contributed by atoms with Crippen LogP contribution in [-0.4, -0.2) is 33.4 Å². The number of hydrogen-bond donors (Lipinski definition) is 0. The van der Waals surface area contributed by atoms with Gasteiger partial charge in [-0.3, -0.25) is 0 Å². The zero-order valence-electron chi connectivity index (χ0n) is 20.7. The molecule has 0 heterocycles. The van der Waals surface area contributed by atoms with Crippen LogP contribution in [0.25, 0.3) is 11.1 Å². The number of nitrogens with zero attached hydrogens (tertiary/aromatic N) is 1. The Morgan fingerprint density at radius 3 is 2.17 bits per heavy atom. The number of rotatable bonds is 7. The lowest BCUT2D eigenvalue weighted by Crippen LogP contribution is -2.29. The van der Waals surface area contributed by atoms with E-state index in [-0.39, 0.29) is 22.6 Å². The van der Waals surface area contributed by atoms with Gasteiger partial charge in [-0.15, -0.1) is 0 Å². The van der Waals surface area contributed by atoms with Gasteiger partial charge in [-0.25, -0.2) is 12.7 Å². The summed E-state index contributed by atoms with van der Waals surface area (Å²) in [6.07, 6.45) is -3.73. The van der Waals surface area contributed by atoms with Crippen LogP contribution in [0, 0.1) is 5.92 Å². The van der Waals surface area contributed by atoms with Crippen molar-refractivity contribution in [1.82, 2.24) is 4.31 Å². The molecule has 4 rings (SSSR count). The predicted molar refractivity (Wildman–Crippen MR) is 135 cm³/mol. The van der Waals surface area contributed by atoms with E-state index in [0.717, 1.165) is 34.4 Å². The Morgan fingerprint density at radius 2 is 1.58 bits per heavy atom. The van der Waals surface area contributed by atoms with Gasteiger partial charge >= 0.3 is 6.18 Å². The lowest BCUT2D eigenvalue weighted by Gasteiger charge is -2.23. The van der Waals surface area contributed by atoms with Crippen LogP contribution in [0.3, 0.4) is 0 Å². The lowest BCUT2D eigenvalue weighted by atomic mass is 9.87. The Bertz CT molecular complexity index is 1320. The standard InChI is InChI=1S/C28H30F3NO3S/c1-18-19(2)27-25(20-8-10-21(11-9-20)28(29,30)31)6-5-7-26(27)24(18)16-17-32(3)36(33,34)23-14-12-22(35-4)13-15-23/h5-15,18-19,24H,16-17H2,1-4H3/t18-,19?,24?/m1/s1. The predicted octanol–water partition coefficient (Wildman–Crippen LogP) is 6.93. The molecule has 3 aromatic carbocycles. The first-order chi connectivity index (χ1) is 16.9. The molecule has 0 aromatic heterocycles. The normalized spacial score (nSPS) is 19.9. The summed E-state index contributed by atoms with van der Waals surface area (Å²) >= 11 is 0. The number of ether oxygens (including phenoxy) is 1. The molecular formula is C28H30F3NO3S. The van der Waals surface area contributed by atoms with E-state index in [1.165, 1.54) is 35.7 Å². The van der Waals surface area contributed by atoms with Crippen LogP contribution in [-0.2, 0) is 16.2 Å². The molecule has 4 nitrogen and oxygen atoms in total. The molecule has 2 unspecified atom stereocenters. The molecule has 192 valence electrons. The fourth-order valence-corrected chi connectivity index (χ4v) is 6.37. The van der Waals surface area contributed by atoms with E-state index in [9.17, 15) is 21.6 Å². The Balaban J connectivity index is 1.57. The highest BCUT2D eigenvalue weighted by molar-refractivity contribution is 7.89. The van der Waals surface area contributed by atoms with Gasteiger partial charge in [0.1, 0.15) is 5.75 Å². The van der Waals surface area contributed by atoms with Crippen molar-refractivity contribution in [3.63, 3.8) is 0 Å². The number of fused-ring (bicyclic) bond motifs is 1. The molecule has 0 saturated heterocycles. The van der Waals surface area contributed by atoms with E-state index in [1.807, 2.05) is 12.1 Å². The first-order valence-corrected chi connectivity index (χ1v) is 13.3. The van der Waals surface area contributed by atoms with Gasteiger partial charge in [-0.2, -0.15) is 13.2 Å². The van der Waals surface area contributed by atoms with E-state index in [4.69, 9.17) is 4.74 Å². The van der Waals surface area contributed by atoms with Crippen LogP contribution < -0.4 is 4.74 Å². The second kappa shape index (κ2) is 9.90. The zero-order valence-corrected chi connectivity index (χ0v) is 21.5. The first kappa shape index (κ1) is 26.2. The number of halogens is 3. The van der Waals surface area contributed by atoms with Crippen LogP contribution in [0.1, 0.15) is 48.8 Å². The Labute approximate surface area is 210 Å². The molecule has 36 heavy (non-hydrogen) atoms. The molecule has 1 aliphatic rings. The third kappa shape index (κ3) is 4.89. The second-order valence-electron chi connectivity index (χ2n) is 9.43. The molecule has 0 spiro atoms. The van der Waals surface area contributed by atoms with Crippen LogP contribution in [0.15, 0.2) is 71.6 Å². The van der Waals surface area contributed by atoms with Gasteiger partial charge in [-0.1, -0.05) is 44.2 Å². The average molecular weight is 518 g/mol. The fourth-order valence-electron chi connectivity index (χ4n) is 5.19. The van der Waals surface area contributed by atoms with Gasteiger partial charge in [-0.05, 0) is 82.8 Å². The van der Waals surface area contributed by atoms with Gasteiger partial charge < -0.3 is 4.74 Å². The topological polar surface area (TPSA) is 46.6 Å². The number of benzene rings is 3. The molecule has 8 heteroatoms. The summed E-state index contributed by atoms with van der Waals surface area (Å²) in [5, 5.41) is 0. The van der Waals surface area contributed by atoms with Crippen molar-refractivity contribution in [2.24, 2.45) is 5.92 Å². The zero-order chi connectivity index (χ0) is 26.3. The van der Waals surface area contributed by atoms with Crippen molar-refractivity contribution < 1.29 is 26.3 Å². The van der Waals surface area contributed by atoms with Crippen LogP contribution >= 0.6 is 0 Å². The molecule has 3 atom stereocenters. The van der Waals surface area contributed by atoms with Gasteiger partial charge in [0.05, 0.1) is 17.6 Å². The minimum Gasteiger partial charge on any atom is -0.497 e. The van der Waals surface area contributed by atoms with Gasteiger partial charge in [0.2, 0.25) is 10.0 Å². The first-order valence-electron chi connectivity index (χ1n) is 11.9. The third-order valence-electron chi connectivity index (χ3n) is 7.46. The number of alkyl halides is 3. The molecule has 0 saturated carbocycles. The maximum atomic E-state index is 13.1. The molecule has 0 N–H and O–H groups in total. The highest BCUT2D eigenvalue weighted by Crippen LogP contribution is 2.51. The van der Waals surface area contributed by atoms with Gasteiger partial charge in [0, 0.05) is 13.6 Å². The van der Waals surface area contributed by atoms with E-state index >= 15 is 0 Å². The molecular weight excluding hydrogens is 487 g/mol. The van der Waals surface area contributed by atoms with Crippen LogP contribution in [0.4, 0.5) is 13.2 Å². The summed E-state index contributed by atoms with van der Waals surface area (Å²) in [4.78, 5) is 0.212. The Morgan fingerprint density at radius 1 is 0.944 bits per heavy atom. The molecule has 0 radical (unpaired) electrons. The molecule has 3 aromatic rings. The van der Waals surface area contributed by atoms with E-state index in [1.54, 1.807) is 19.2 Å². The maximum Gasteiger partial charge on any atom is 0.416 e. The molecule has 0 fully saturated rings. The molecule has 0 aliphatic heterocycles. The van der Waals surface area contributed by atoms with E-state index in [2.05, 4.69) is 19.9 Å². The summed E-state index contributed by atoms with van der Waals surface area (Å²) in [6, 6.07) is 17.6. The van der Waals surface area contributed by atoms with E-state index in [0.29, 0.717) is 18.7 Å². The summed E-state index contributed by atoms with van der Waals surface area (Å²) < 4.78 is 71.7. The largest absolute Gasteiger partial charge is 0.497 e. The van der Waals surface area contributed by atoms with Crippen molar-refractivity contribution >= 4 is 10.0 Å². The van der Waals surface area contributed by atoms with E-state index < -0.39 is 21.8 Å².